The molecule has 102 valence electrons. The lowest BCUT2D eigenvalue weighted by Crippen LogP contribution is -2.35. The maximum atomic E-state index is 10.1. The van der Waals surface area contributed by atoms with E-state index in [1.54, 1.807) is 11.5 Å². The maximum absolute atomic E-state index is 10.1. The first-order valence-corrected chi connectivity index (χ1v) is 5.77. The van der Waals surface area contributed by atoms with Gasteiger partial charge in [0.05, 0.1) is 11.7 Å². The average Bonchev–Trinajstić information content (AvgIpc) is 2.38. The fourth-order valence-corrected chi connectivity index (χ4v) is 1.66. The van der Waals surface area contributed by atoms with Crippen molar-refractivity contribution in [3.8, 4) is 0 Å². The topological polar surface area (TPSA) is 119 Å². The number of halogens is 1. The van der Waals surface area contributed by atoms with Crippen molar-refractivity contribution < 1.29 is 5.03 Å². The summed E-state index contributed by atoms with van der Waals surface area (Å²) >= 11 is 6.00. The van der Waals surface area contributed by atoms with Crippen LogP contribution in [0.15, 0.2) is 40.5 Å². The van der Waals surface area contributed by atoms with Gasteiger partial charge in [-0.3, -0.25) is 0 Å². The molecule has 1 aromatic carbocycles. The van der Waals surface area contributed by atoms with Crippen LogP contribution < -0.4 is 11.2 Å². The summed E-state index contributed by atoms with van der Waals surface area (Å²) in [5.41, 5.74) is 8.15. The van der Waals surface area contributed by atoms with Gasteiger partial charge in [-0.15, -0.1) is 5.10 Å². The third-order valence-electron chi connectivity index (χ3n) is 2.27. The van der Waals surface area contributed by atoms with Gasteiger partial charge in [-0.25, -0.2) is 15.1 Å². The number of pyridine rings is 1. The Morgan fingerprint density at radius 3 is 3.00 bits per heavy atom. The molecule has 0 spiro atoms. The number of nitro groups is 1. The number of hydrogen-bond acceptors (Lipinski definition) is 5. The normalized spacial score (nSPS) is 11.9. The van der Waals surface area contributed by atoms with Crippen LogP contribution in [0.1, 0.15) is 5.56 Å². The van der Waals surface area contributed by atoms with Gasteiger partial charge in [-0.05, 0) is 12.1 Å². The van der Waals surface area contributed by atoms with E-state index in [1.165, 1.54) is 6.21 Å². The third-order valence-corrected chi connectivity index (χ3v) is 2.58. The molecule has 0 aliphatic carbocycles. The second kappa shape index (κ2) is 5.93. The Morgan fingerprint density at radius 1 is 1.50 bits per heavy atom. The molecule has 0 aliphatic rings. The number of hydrazine groups is 1. The Morgan fingerprint density at radius 2 is 2.25 bits per heavy atom. The second-order valence-corrected chi connectivity index (χ2v) is 4.02. The van der Waals surface area contributed by atoms with Gasteiger partial charge in [-0.1, -0.05) is 35.2 Å². The molecule has 2 aromatic rings. The van der Waals surface area contributed by atoms with E-state index in [0.29, 0.717) is 5.56 Å². The molecular weight excluding hydrogens is 284 g/mol. The predicted molar refractivity (Wildman–Crippen MR) is 76.1 cm³/mol. The molecule has 0 saturated carbocycles. The molecule has 0 bridgehead atoms. The summed E-state index contributed by atoms with van der Waals surface area (Å²) in [7, 11) is 0. The average molecular weight is 293 g/mol. The number of nitrogens with two attached hydrogens (primary N) is 1. The second-order valence-electron chi connectivity index (χ2n) is 3.66. The molecule has 8 nitrogen and oxygen atoms in total. The van der Waals surface area contributed by atoms with Gasteiger partial charge in [0.2, 0.25) is 0 Å². The molecule has 2 rings (SSSR count). The Bertz CT molecular complexity index is 715. The Hall–Kier alpha value is -2.74. The van der Waals surface area contributed by atoms with E-state index in [1.807, 2.05) is 24.3 Å². The van der Waals surface area contributed by atoms with Crippen LogP contribution in [0.2, 0.25) is 5.15 Å². The zero-order chi connectivity index (χ0) is 14.5. The third kappa shape index (κ3) is 3.39. The quantitative estimate of drug-likeness (QED) is 0.291. The summed E-state index contributed by atoms with van der Waals surface area (Å²) in [5.74, 6) is -0.434. The highest BCUT2D eigenvalue weighted by Gasteiger charge is 2.02. The lowest BCUT2D eigenvalue weighted by Gasteiger charge is -2.00. The van der Waals surface area contributed by atoms with E-state index >= 15 is 0 Å². The van der Waals surface area contributed by atoms with Gasteiger partial charge in [0.15, 0.2) is 5.03 Å². The molecule has 20 heavy (non-hydrogen) atoms. The van der Waals surface area contributed by atoms with Gasteiger partial charge in [0.25, 0.3) is 5.96 Å². The van der Waals surface area contributed by atoms with Crippen LogP contribution in [0.25, 0.3) is 10.9 Å². The van der Waals surface area contributed by atoms with Gasteiger partial charge in [-0.2, -0.15) is 5.10 Å². The van der Waals surface area contributed by atoms with Crippen molar-refractivity contribution in [3.63, 3.8) is 0 Å². The zero-order valence-electron chi connectivity index (χ0n) is 10.0. The Kier molecular flexibility index (Phi) is 4.06. The van der Waals surface area contributed by atoms with Crippen molar-refractivity contribution in [1.29, 1.82) is 0 Å². The number of nitrogens with zero attached hydrogens (tertiary/aromatic N) is 4. The summed E-state index contributed by atoms with van der Waals surface area (Å²) < 4.78 is 0. The number of fused-ring (bicyclic) bond motifs is 1. The number of guanidine groups is 1. The first-order chi connectivity index (χ1) is 9.56. The van der Waals surface area contributed by atoms with E-state index in [2.05, 4.69) is 15.2 Å². The molecule has 0 amide bonds. The van der Waals surface area contributed by atoms with Crippen molar-refractivity contribution >= 4 is 34.7 Å². The molecule has 0 atom stereocenters. The van der Waals surface area contributed by atoms with E-state index < -0.39 is 11.0 Å². The molecular formula is C11H9ClN6O2. The standard InChI is InChI=1S/C11H9ClN6O2/c12-10-8(6-14-16-11(13)17-18(19)20)5-7-3-1-2-4-9(7)15-10/h1-6H,(H3,13,16,17)/b14-6-. The van der Waals surface area contributed by atoms with Crippen LogP contribution in [0, 0.1) is 10.1 Å². The summed E-state index contributed by atoms with van der Waals surface area (Å²) in [6.07, 6.45) is 1.32. The van der Waals surface area contributed by atoms with Crippen molar-refractivity contribution in [2.45, 2.75) is 0 Å². The van der Waals surface area contributed by atoms with Gasteiger partial charge in [0, 0.05) is 10.9 Å². The van der Waals surface area contributed by atoms with E-state index in [0.717, 1.165) is 10.9 Å². The van der Waals surface area contributed by atoms with Crippen LogP contribution >= 0.6 is 11.6 Å². The minimum Gasteiger partial charge on any atom is -0.364 e. The van der Waals surface area contributed by atoms with Crippen molar-refractivity contribution in [2.75, 3.05) is 0 Å². The predicted octanol–water partition coefficient (Wildman–Crippen LogP) is 1.32. The molecule has 0 radical (unpaired) electrons. The lowest BCUT2D eigenvalue weighted by atomic mass is 10.2. The van der Waals surface area contributed by atoms with E-state index in [-0.39, 0.29) is 5.15 Å². The Balaban J connectivity index is 2.25. The monoisotopic (exact) mass is 292 g/mol. The SMILES string of the molecule is NC(=N/N=C\c1cc2ccccc2nc1Cl)N[N+](=O)[O-]. The van der Waals surface area contributed by atoms with Crippen LogP contribution in [-0.4, -0.2) is 22.2 Å². The highest BCUT2D eigenvalue weighted by molar-refractivity contribution is 6.32. The molecule has 1 aromatic heterocycles. The van der Waals surface area contributed by atoms with E-state index in [9.17, 15) is 10.1 Å². The smallest absolute Gasteiger partial charge is 0.275 e. The first-order valence-electron chi connectivity index (χ1n) is 5.39. The number of benzene rings is 1. The van der Waals surface area contributed by atoms with Crippen LogP contribution in [-0.2, 0) is 0 Å². The number of nitrogens with one attached hydrogen (secondary N) is 1. The minimum absolute atomic E-state index is 0.253. The summed E-state index contributed by atoms with van der Waals surface area (Å²) in [5, 5.41) is 17.4. The van der Waals surface area contributed by atoms with Gasteiger partial charge in [0.1, 0.15) is 5.15 Å². The number of para-hydroxylation sites is 1. The van der Waals surface area contributed by atoms with Crippen molar-refractivity contribution in [1.82, 2.24) is 10.4 Å². The van der Waals surface area contributed by atoms with Gasteiger partial charge >= 0.3 is 0 Å². The fraction of sp³-hybridized carbons (Fsp3) is 0. The van der Waals surface area contributed by atoms with Crippen LogP contribution in [0.5, 0.6) is 0 Å². The molecule has 0 saturated heterocycles. The summed E-state index contributed by atoms with van der Waals surface area (Å²) in [4.78, 5) is 14.3. The highest BCUT2D eigenvalue weighted by Crippen LogP contribution is 2.18. The summed E-state index contributed by atoms with van der Waals surface area (Å²) in [6, 6.07) is 9.21. The van der Waals surface area contributed by atoms with Gasteiger partial charge < -0.3 is 5.73 Å². The first kappa shape index (κ1) is 13.7. The molecule has 0 aliphatic heterocycles. The number of rotatable bonds is 3. The molecule has 0 unspecified atom stereocenters. The molecule has 1 heterocycles. The highest BCUT2D eigenvalue weighted by atomic mass is 35.5. The fourth-order valence-electron chi connectivity index (χ4n) is 1.47. The lowest BCUT2D eigenvalue weighted by molar-refractivity contribution is -0.525. The maximum Gasteiger partial charge on any atom is 0.275 e. The molecule has 9 heteroatoms. The number of aromatic nitrogens is 1. The molecule has 3 N–H and O–H groups in total. The molecule has 0 fully saturated rings. The zero-order valence-corrected chi connectivity index (χ0v) is 10.8. The summed E-state index contributed by atoms with van der Waals surface area (Å²) in [6.45, 7) is 0. The van der Waals surface area contributed by atoms with Crippen molar-refractivity contribution in [3.05, 3.63) is 51.2 Å². The number of hydrogen-bond donors (Lipinski definition) is 2. The van der Waals surface area contributed by atoms with Crippen LogP contribution in [0.3, 0.4) is 0 Å². The minimum atomic E-state index is -0.834. The Labute approximate surface area is 118 Å². The van der Waals surface area contributed by atoms with Crippen LogP contribution in [0.4, 0.5) is 0 Å². The largest absolute Gasteiger partial charge is 0.364 e. The van der Waals surface area contributed by atoms with E-state index in [4.69, 9.17) is 17.3 Å². The van der Waals surface area contributed by atoms with Crippen molar-refractivity contribution in [2.24, 2.45) is 15.9 Å².